The van der Waals surface area contributed by atoms with E-state index in [0.29, 0.717) is 11.3 Å². The summed E-state index contributed by atoms with van der Waals surface area (Å²) in [6.45, 7) is 3.93. The SMILES string of the molecule is CC(C)Oc1ccc(C(=O)Nc2cccc3c(-c4ccoc4)ccnc23)cc1. The van der Waals surface area contributed by atoms with Crippen LogP contribution in [0.2, 0.25) is 0 Å². The number of nitrogens with one attached hydrogen (secondary N) is 1. The first-order valence-corrected chi connectivity index (χ1v) is 9.10. The Hall–Kier alpha value is -3.60. The molecule has 1 N–H and O–H groups in total. The molecule has 0 saturated carbocycles. The van der Waals surface area contributed by atoms with E-state index < -0.39 is 0 Å². The van der Waals surface area contributed by atoms with Crippen molar-refractivity contribution >= 4 is 22.5 Å². The summed E-state index contributed by atoms with van der Waals surface area (Å²) >= 11 is 0. The van der Waals surface area contributed by atoms with Crippen molar-refractivity contribution in [3.05, 3.63) is 78.9 Å². The minimum absolute atomic E-state index is 0.0888. The van der Waals surface area contributed by atoms with Crippen molar-refractivity contribution in [1.29, 1.82) is 0 Å². The van der Waals surface area contributed by atoms with Crippen LogP contribution in [-0.2, 0) is 0 Å². The van der Waals surface area contributed by atoms with E-state index >= 15 is 0 Å². The smallest absolute Gasteiger partial charge is 0.255 e. The first kappa shape index (κ1) is 17.8. The van der Waals surface area contributed by atoms with Crippen molar-refractivity contribution in [3.8, 4) is 16.9 Å². The third-order valence-corrected chi connectivity index (χ3v) is 4.34. The molecule has 0 fully saturated rings. The second kappa shape index (κ2) is 7.56. The van der Waals surface area contributed by atoms with Crippen molar-refractivity contribution in [2.45, 2.75) is 20.0 Å². The number of hydrogen-bond donors (Lipinski definition) is 1. The molecule has 0 aliphatic carbocycles. The highest BCUT2D eigenvalue weighted by atomic mass is 16.5. The number of anilines is 1. The maximum Gasteiger partial charge on any atom is 0.255 e. The lowest BCUT2D eigenvalue weighted by molar-refractivity contribution is 0.102. The number of fused-ring (bicyclic) bond motifs is 1. The predicted octanol–water partition coefficient (Wildman–Crippen LogP) is 5.53. The number of rotatable bonds is 5. The van der Waals surface area contributed by atoms with Gasteiger partial charge in [-0.15, -0.1) is 0 Å². The molecule has 0 unspecified atom stereocenters. The quantitative estimate of drug-likeness (QED) is 0.500. The van der Waals surface area contributed by atoms with Gasteiger partial charge in [0.15, 0.2) is 0 Å². The van der Waals surface area contributed by atoms with Crippen molar-refractivity contribution in [2.75, 3.05) is 5.32 Å². The van der Waals surface area contributed by atoms with Gasteiger partial charge in [-0.2, -0.15) is 0 Å². The van der Waals surface area contributed by atoms with E-state index in [-0.39, 0.29) is 12.0 Å². The summed E-state index contributed by atoms with van der Waals surface area (Å²) in [7, 11) is 0. The van der Waals surface area contributed by atoms with Gasteiger partial charge < -0.3 is 14.5 Å². The molecule has 5 nitrogen and oxygen atoms in total. The summed E-state index contributed by atoms with van der Waals surface area (Å²) in [5.74, 6) is 0.544. The van der Waals surface area contributed by atoms with Gasteiger partial charge in [0, 0.05) is 22.7 Å². The third kappa shape index (κ3) is 3.60. The third-order valence-electron chi connectivity index (χ3n) is 4.34. The number of hydrogen-bond acceptors (Lipinski definition) is 4. The Labute approximate surface area is 163 Å². The van der Waals surface area contributed by atoms with Crippen molar-refractivity contribution in [3.63, 3.8) is 0 Å². The highest BCUT2D eigenvalue weighted by Gasteiger charge is 2.12. The van der Waals surface area contributed by atoms with Crippen molar-refractivity contribution in [1.82, 2.24) is 4.98 Å². The summed E-state index contributed by atoms with van der Waals surface area (Å²) in [6.07, 6.45) is 5.16. The Morgan fingerprint density at radius 3 is 2.61 bits per heavy atom. The number of benzene rings is 2. The molecular weight excluding hydrogens is 352 g/mol. The second-order valence-corrected chi connectivity index (χ2v) is 6.72. The fraction of sp³-hybridized carbons (Fsp3) is 0.130. The van der Waals surface area contributed by atoms with Gasteiger partial charge in [0.2, 0.25) is 0 Å². The number of furan rings is 1. The van der Waals surface area contributed by atoms with E-state index in [1.807, 2.05) is 44.2 Å². The molecule has 2 aromatic carbocycles. The van der Waals surface area contributed by atoms with Gasteiger partial charge in [-0.1, -0.05) is 12.1 Å². The van der Waals surface area contributed by atoms with Crippen LogP contribution in [0.5, 0.6) is 5.75 Å². The minimum Gasteiger partial charge on any atom is -0.491 e. The number of nitrogens with zero attached hydrogens (tertiary/aromatic N) is 1. The number of ether oxygens (including phenoxy) is 1. The Balaban J connectivity index is 1.63. The van der Waals surface area contributed by atoms with Crippen LogP contribution < -0.4 is 10.1 Å². The van der Waals surface area contributed by atoms with Crippen LogP contribution >= 0.6 is 0 Å². The molecule has 0 aliphatic heterocycles. The molecule has 0 bridgehead atoms. The van der Waals surface area contributed by atoms with Gasteiger partial charge in [-0.05, 0) is 61.9 Å². The summed E-state index contributed by atoms with van der Waals surface area (Å²) in [4.78, 5) is 17.2. The maximum atomic E-state index is 12.7. The topological polar surface area (TPSA) is 64.4 Å². The van der Waals surface area contributed by atoms with Crippen LogP contribution in [0.3, 0.4) is 0 Å². The van der Waals surface area contributed by atoms with E-state index in [1.165, 1.54) is 0 Å². The predicted molar refractivity (Wildman–Crippen MR) is 110 cm³/mol. The molecule has 5 heteroatoms. The standard InChI is InChI=1S/C23H20N2O3/c1-15(2)28-18-8-6-16(7-9-18)23(26)25-21-5-3-4-20-19(10-12-24-22(20)21)17-11-13-27-14-17/h3-15H,1-2H3,(H,25,26). The number of carbonyl (C=O) groups excluding carboxylic acids is 1. The highest BCUT2D eigenvalue weighted by molar-refractivity contribution is 6.10. The molecule has 0 radical (unpaired) electrons. The lowest BCUT2D eigenvalue weighted by atomic mass is 10.0. The van der Waals surface area contributed by atoms with Gasteiger partial charge in [-0.3, -0.25) is 9.78 Å². The second-order valence-electron chi connectivity index (χ2n) is 6.72. The largest absolute Gasteiger partial charge is 0.491 e. The number of para-hydroxylation sites is 1. The van der Waals surface area contributed by atoms with Gasteiger partial charge >= 0.3 is 0 Å². The Morgan fingerprint density at radius 1 is 1.07 bits per heavy atom. The van der Waals surface area contributed by atoms with Gasteiger partial charge in [0.05, 0.1) is 29.8 Å². The van der Waals surface area contributed by atoms with E-state index in [2.05, 4.69) is 10.3 Å². The van der Waals surface area contributed by atoms with Crippen molar-refractivity contribution < 1.29 is 13.9 Å². The average molecular weight is 372 g/mol. The van der Waals surface area contributed by atoms with Crippen LogP contribution in [0.1, 0.15) is 24.2 Å². The molecule has 0 spiro atoms. The number of amides is 1. The fourth-order valence-corrected chi connectivity index (χ4v) is 3.10. The van der Waals surface area contributed by atoms with Crippen LogP contribution in [-0.4, -0.2) is 17.0 Å². The maximum absolute atomic E-state index is 12.7. The minimum atomic E-state index is -0.195. The van der Waals surface area contributed by atoms with Crippen LogP contribution in [0, 0.1) is 0 Å². The molecule has 2 aromatic heterocycles. The number of aromatic nitrogens is 1. The van der Waals surface area contributed by atoms with Gasteiger partial charge in [0.1, 0.15) is 5.75 Å². The zero-order chi connectivity index (χ0) is 19.5. The van der Waals surface area contributed by atoms with Gasteiger partial charge in [0.25, 0.3) is 5.91 Å². The summed E-state index contributed by atoms with van der Waals surface area (Å²) < 4.78 is 10.8. The van der Waals surface area contributed by atoms with E-state index in [9.17, 15) is 4.79 Å². The molecule has 28 heavy (non-hydrogen) atoms. The zero-order valence-corrected chi connectivity index (χ0v) is 15.7. The van der Waals surface area contributed by atoms with E-state index in [1.54, 1.807) is 43.0 Å². The lowest BCUT2D eigenvalue weighted by Gasteiger charge is -2.12. The van der Waals surface area contributed by atoms with E-state index in [0.717, 1.165) is 27.8 Å². The molecule has 0 saturated heterocycles. The summed E-state index contributed by atoms with van der Waals surface area (Å²) in [5.41, 5.74) is 3.92. The molecule has 4 aromatic rings. The molecular formula is C23H20N2O3. The first-order chi connectivity index (χ1) is 13.6. The monoisotopic (exact) mass is 372 g/mol. The van der Waals surface area contributed by atoms with Crippen molar-refractivity contribution in [2.24, 2.45) is 0 Å². The molecule has 2 heterocycles. The molecule has 4 rings (SSSR count). The summed E-state index contributed by atoms with van der Waals surface area (Å²) in [5, 5.41) is 3.91. The summed E-state index contributed by atoms with van der Waals surface area (Å²) in [6, 6.07) is 16.7. The molecule has 0 aliphatic rings. The Bertz CT molecular complexity index is 1100. The Kier molecular flexibility index (Phi) is 4.81. The first-order valence-electron chi connectivity index (χ1n) is 9.10. The normalized spacial score (nSPS) is 11.0. The fourth-order valence-electron chi connectivity index (χ4n) is 3.10. The van der Waals surface area contributed by atoms with Crippen LogP contribution in [0.15, 0.2) is 77.7 Å². The average Bonchev–Trinajstić information content (AvgIpc) is 3.22. The number of pyridine rings is 1. The lowest BCUT2D eigenvalue weighted by Crippen LogP contribution is -2.12. The van der Waals surface area contributed by atoms with Gasteiger partial charge in [-0.25, -0.2) is 0 Å². The molecule has 0 atom stereocenters. The highest BCUT2D eigenvalue weighted by Crippen LogP contribution is 2.31. The Morgan fingerprint density at radius 2 is 1.89 bits per heavy atom. The molecule has 140 valence electrons. The molecule has 1 amide bonds. The zero-order valence-electron chi connectivity index (χ0n) is 15.7. The van der Waals surface area contributed by atoms with Crippen LogP contribution in [0.4, 0.5) is 5.69 Å². The number of carbonyl (C=O) groups is 1. The van der Waals surface area contributed by atoms with Crippen LogP contribution in [0.25, 0.3) is 22.0 Å². The van der Waals surface area contributed by atoms with E-state index in [4.69, 9.17) is 9.15 Å².